The zero-order valence-electron chi connectivity index (χ0n) is 18.1. The van der Waals surface area contributed by atoms with E-state index in [1.165, 1.54) is 0 Å². The lowest BCUT2D eigenvalue weighted by molar-refractivity contribution is 0.0976. The van der Waals surface area contributed by atoms with Gasteiger partial charge in [-0.2, -0.15) is 0 Å². The number of nitrogens with zero attached hydrogens (tertiary/aromatic N) is 2. The highest BCUT2D eigenvalue weighted by molar-refractivity contribution is 7.09. The molecule has 2 aromatic heterocycles. The first-order valence-corrected chi connectivity index (χ1v) is 11.6. The van der Waals surface area contributed by atoms with Crippen LogP contribution in [0.1, 0.15) is 22.3 Å². The van der Waals surface area contributed by atoms with Crippen molar-refractivity contribution in [1.29, 1.82) is 0 Å². The van der Waals surface area contributed by atoms with Crippen LogP contribution >= 0.6 is 11.3 Å². The number of rotatable bonds is 7. The van der Waals surface area contributed by atoms with Gasteiger partial charge in [-0.1, -0.05) is 47.6 Å². The van der Waals surface area contributed by atoms with Crippen molar-refractivity contribution in [2.75, 3.05) is 11.5 Å². The summed E-state index contributed by atoms with van der Waals surface area (Å²) in [5.74, 6) is 1.11. The Balaban J connectivity index is 1.45. The number of aromatic nitrogens is 1. The Morgan fingerprint density at radius 2 is 1.79 bits per heavy atom. The average molecular weight is 455 g/mol. The van der Waals surface area contributed by atoms with Crippen LogP contribution in [0.5, 0.6) is 5.75 Å². The van der Waals surface area contributed by atoms with Gasteiger partial charge in [0.15, 0.2) is 11.5 Å². The van der Waals surface area contributed by atoms with Crippen molar-refractivity contribution in [2.45, 2.75) is 13.5 Å². The minimum Gasteiger partial charge on any atom is -0.494 e. The fraction of sp³-hybridized carbons (Fsp3) is 0.111. The third-order valence-corrected chi connectivity index (χ3v) is 6.22. The van der Waals surface area contributed by atoms with Crippen LogP contribution in [0.3, 0.4) is 0 Å². The molecule has 164 valence electrons. The molecule has 0 unspecified atom stereocenters. The van der Waals surface area contributed by atoms with E-state index in [1.807, 2.05) is 79.0 Å². The van der Waals surface area contributed by atoms with E-state index in [4.69, 9.17) is 9.26 Å². The van der Waals surface area contributed by atoms with Crippen molar-refractivity contribution in [3.63, 3.8) is 0 Å². The molecule has 0 atom stereocenters. The van der Waals surface area contributed by atoms with Crippen LogP contribution in [0.15, 0.2) is 94.8 Å². The molecule has 3 aromatic carbocycles. The smallest absolute Gasteiger partial charge is 0.280 e. The number of benzene rings is 3. The maximum absolute atomic E-state index is 13.5. The van der Waals surface area contributed by atoms with E-state index in [0.717, 1.165) is 32.6 Å². The SMILES string of the molecule is CCOc1ccc(N(Cc2cccs2)C(=O)c2cc(-c3ccc4ccccc4c3)on2)cc1. The van der Waals surface area contributed by atoms with E-state index >= 15 is 0 Å². The summed E-state index contributed by atoms with van der Waals surface area (Å²) in [7, 11) is 0. The van der Waals surface area contributed by atoms with E-state index in [9.17, 15) is 4.79 Å². The molecule has 5 nitrogen and oxygen atoms in total. The highest BCUT2D eigenvalue weighted by Crippen LogP contribution is 2.28. The van der Waals surface area contributed by atoms with Crippen molar-refractivity contribution in [2.24, 2.45) is 0 Å². The molecule has 0 spiro atoms. The second-order valence-corrected chi connectivity index (χ2v) is 8.57. The van der Waals surface area contributed by atoms with Crippen molar-refractivity contribution in [1.82, 2.24) is 5.16 Å². The maximum atomic E-state index is 13.5. The van der Waals surface area contributed by atoms with Gasteiger partial charge in [-0.15, -0.1) is 11.3 Å². The van der Waals surface area contributed by atoms with Crippen LogP contribution < -0.4 is 9.64 Å². The number of fused-ring (bicyclic) bond motifs is 1. The molecule has 0 aliphatic heterocycles. The molecule has 0 N–H and O–H groups in total. The molecule has 6 heteroatoms. The predicted octanol–water partition coefficient (Wildman–Crippen LogP) is 6.80. The number of thiophene rings is 1. The lowest BCUT2D eigenvalue weighted by Gasteiger charge is -2.21. The average Bonchev–Trinajstić information content (AvgIpc) is 3.55. The van der Waals surface area contributed by atoms with Crippen LogP contribution in [0.4, 0.5) is 5.69 Å². The largest absolute Gasteiger partial charge is 0.494 e. The number of carbonyl (C=O) groups excluding carboxylic acids is 1. The zero-order chi connectivity index (χ0) is 22.6. The summed E-state index contributed by atoms with van der Waals surface area (Å²) in [6.45, 7) is 2.98. The number of ether oxygens (including phenoxy) is 1. The fourth-order valence-electron chi connectivity index (χ4n) is 3.72. The van der Waals surface area contributed by atoms with Crippen LogP contribution in [0.2, 0.25) is 0 Å². The summed E-state index contributed by atoms with van der Waals surface area (Å²) in [5.41, 5.74) is 1.92. The molecule has 0 saturated heterocycles. The first kappa shape index (κ1) is 21.0. The Bertz CT molecular complexity index is 1370. The third-order valence-electron chi connectivity index (χ3n) is 5.36. The Morgan fingerprint density at radius 1 is 0.970 bits per heavy atom. The molecule has 0 radical (unpaired) electrons. The molecule has 0 bridgehead atoms. The van der Waals surface area contributed by atoms with E-state index in [-0.39, 0.29) is 11.6 Å². The molecule has 33 heavy (non-hydrogen) atoms. The molecule has 2 heterocycles. The Labute approximate surface area is 195 Å². The van der Waals surface area contributed by atoms with E-state index in [2.05, 4.69) is 17.3 Å². The zero-order valence-corrected chi connectivity index (χ0v) is 18.9. The summed E-state index contributed by atoms with van der Waals surface area (Å²) < 4.78 is 11.1. The minimum atomic E-state index is -0.219. The number of hydrogen-bond acceptors (Lipinski definition) is 5. The quantitative estimate of drug-likeness (QED) is 0.271. The van der Waals surface area contributed by atoms with Gasteiger partial charge in [0.2, 0.25) is 0 Å². The summed E-state index contributed by atoms with van der Waals surface area (Å²) in [6, 6.07) is 27.4. The van der Waals surface area contributed by atoms with E-state index in [0.29, 0.717) is 18.9 Å². The Hall–Kier alpha value is -3.90. The van der Waals surface area contributed by atoms with Crippen molar-refractivity contribution in [3.05, 3.63) is 101 Å². The van der Waals surface area contributed by atoms with Gasteiger partial charge in [0.25, 0.3) is 5.91 Å². The van der Waals surface area contributed by atoms with Gasteiger partial charge in [0.1, 0.15) is 5.75 Å². The van der Waals surface area contributed by atoms with Gasteiger partial charge in [-0.05, 0) is 59.5 Å². The summed E-state index contributed by atoms with van der Waals surface area (Å²) in [6.07, 6.45) is 0. The van der Waals surface area contributed by atoms with Crippen molar-refractivity contribution in [3.8, 4) is 17.1 Å². The maximum Gasteiger partial charge on any atom is 0.280 e. The van der Waals surface area contributed by atoms with Gasteiger partial charge >= 0.3 is 0 Å². The topological polar surface area (TPSA) is 55.6 Å². The second kappa shape index (κ2) is 9.30. The van der Waals surface area contributed by atoms with Gasteiger partial charge in [0.05, 0.1) is 13.2 Å². The number of anilines is 1. The number of hydrogen-bond donors (Lipinski definition) is 0. The van der Waals surface area contributed by atoms with Crippen molar-refractivity contribution >= 4 is 33.7 Å². The molecule has 0 fully saturated rings. The molecule has 0 aliphatic rings. The van der Waals surface area contributed by atoms with Gasteiger partial charge in [0, 0.05) is 22.2 Å². The first-order chi connectivity index (χ1) is 16.2. The Kier molecular flexibility index (Phi) is 5.91. The Morgan fingerprint density at radius 3 is 2.55 bits per heavy atom. The predicted molar refractivity (Wildman–Crippen MR) is 132 cm³/mol. The van der Waals surface area contributed by atoms with E-state index in [1.54, 1.807) is 22.3 Å². The normalized spacial score (nSPS) is 10.9. The standard InChI is InChI=1S/C27H22N2O3S/c1-2-31-23-13-11-22(12-14-23)29(18-24-8-5-15-33-24)27(30)25-17-26(32-28-25)21-10-9-19-6-3-4-7-20(19)16-21/h3-17H,2,18H2,1H3. The number of carbonyl (C=O) groups is 1. The van der Waals surface area contributed by atoms with Gasteiger partial charge in [-0.3, -0.25) is 4.79 Å². The first-order valence-electron chi connectivity index (χ1n) is 10.7. The number of amides is 1. The molecule has 0 saturated carbocycles. The third kappa shape index (κ3) is 4.52. The van der Waals surface area contributed by atoms with Crippen LogP contribution in [-0.4, -0.2) is 17.7 Å². The van der Waals surface area contributed by atoms with Gasteiger partial charge in [-0.25, -0.2) is 0 Å². The summed E-state index contributed by atoms with van der Waals surface area (Å²) in [5, 5.41) is 8.36. The second-order valence-electron chi connectivity index (χ2n) is 7.54. The highest BCUT2D eigenvalue weighted by Gasteiger charge is 2.23. The van der Waals surface area contributed by atoms with E-state index < -0.39 is 0 Å². The molecular formula is C27H22N2O3S. The molecular weight excluding hydrogens is 432 g/mol. The summed E-state index contributed by atoms with van der Waals surface area (Å²) in [4.78, 5) is 16.3. The van der Waals surface area contributed by atoms with Crippen LogP contribution in [0, 0.1) is 0 Å². The molecule has 5 rings (SSSR count). The lowest BCUT2D eigenvalue weighted by atomic mass is 10.1. The monoisotopic (exact) mass is 454 g/mol. The minimum absolute atomic E-state index is 0.219. The lowest BCUT2D eigenvalue weighted by Crippen LogP contribution is -2.30. The molecule has 0 aliphatic carbocycles. The highest BCUT2D eigenvalue weighted by atomic mass is 32.1. The van der Waals surface area contributed by atoms with Crippen molar-refractivity contribution < 1.29 is 14.1 Å². The fourth-order valence-corrected chi connectivity index (χ4v) is 4.41. The molecule has 5 aromatic rings. The van der Waals surface area contributed by atoms with Gasteiger partial charge < -0.3 is 14.2 Å². The molecule has 1 amide bonds. The van der Waals surface area contributed by atoms with Crippen LogP contribution in [0.25, 0.3) is 22.1 Å². The summed E-state index contributed by atoms with van der Waals surface area (Å²) >= 11 is 1.61. The van der Waals surface area contributed by atoms with Crippen LogP contribution in [-0.2, 0) is 6.54 Å².